The Morgan fingerprint density at radius 2 is 1.03 bits per heavy atom. The van der Waals surface area contributed by atoms with E-state index >= 15 is 0 Å². The van der Waals surface area contributed by atoms with E-state index in [4.69, 9.17) is 15.0 Å². The minimum atomic E-state index is -0.0653. The first kappa shape index (κ1) is 35.2. The highest BCUT2D eigenvalue weighted by Gasteiger charge is 2.35. The topological polar surface area (TPSA) is 38.7 Å². The molecule has 12 aromatic rings. The third kappa shape index (κ3) is 5.20. The van der Waals surface area contributed by atoms with Gasteiger partial charge in [0.05, 0.1) is 22.6 Å². The number of fused-ring (bicyclic) bond motifs is 12. The second-order valence-corrected chi connectivity index (χ2v) is 18.2. The van der Waals surface area contributed by atoms with E-state index in [1.807, 2.05) is 17.4 Å². The van der Waals surface area contributed by atoms with Crippen LogP contribution in [-0.4, -0.2) is 15.0 Å². The van der Waals surface area contributed by atoms with Gasteiger partial charge in [-0.1, -0.05) is 159 Å². The smallest absolute Gasteiger partial charge is 0.160 e. The molecule has 0 unspecified atom stereocenters. The van der Waals surface area contributed by atoms with Crippen molar-refractivity contribution in [1.29, 1.82) is 0 Å². The number of hydrogen-bond acceptors (Lipinski definition) is 4. The molecule has 4 heteroatoms. The molecule has 0 atom stereocenters. The molecule has 0 saturated carbocycles. The van der Waals surface area contributed by atoms with Crippen LogP contribution >= 0.6 is 11.3 Å². The standard InChI is InChI=1S/C58H37N3S/c1-58(2)46-22-12-10-20-41(46)44-31-37(24-27-47(44)58)49-33-50(61-57(60-49)34-14-4-3-5-15-34)38-25-28-51-45(32-38)55-52(62-51)29-26-43-53(55)42-21-11-13-23-48(42)59-56(43)54-39-18-8-6-16-35(39)30-36-17-7-9-19-40(36)54/h3-33H,1-2H3. The van der Waals surface area contributed by atoms with Crippen molar-refractivity contribution in [3.8, 4) is 56.3 Å². The fraction of sp³-hybridized carbons (Fsp3) is 0.0517. The second-order valence-electron chi connectivity index (χ2n) is 17.1. The predicted octanol–water partition coefficient (Wildman–Crippen LogP) is 15.8. The number of aromatic nitrogens is 3. The fourth-order valence-electron chi connectivity index (χ4n) is 10.3. The van der Waals surface area contributed by atoms with Crippen molar-refractivity contribution in [3.05, 3.63) is 199 Å². The molecule has 13 rings (SSSR count). The lowest BCUT2D eigenvalue weighted by atomic mass is 9.82. The molecule has 0 fully saturated rings. The molecule has 290 valence electrons. The van der Waals surface area contributed by atoms with Crippen molar-refractivity contribution in [2.45, 2.75) is 19.3 Å². The van der Waals surface area contributed by atoms with E-state index in [0.717, 1.165) is 50.1 Å². The molecule has 0 spiro atoms. The Morgan fingerprint density at radius 1 is 0.403 bits per heavy atom. The third-order valence-corrected chi connectivity index (χ3v) is 14.4. The van der Waals surface area contributed by atoms with Gasteiger partial charge in [-0.05, 0) is 86.3 Å². The van der Waals surface area contributed by atoms with Crippen molar-refractivity contribution in [2.75, 3.05) is 0 Å². The number of rotatable bonds is 4. The van der Waals surface area contributed by atoms with Gasteiger partial charge < -0.3 is 0 Å². The maximum Gasteiger partial charge on any atom is 0.160 e. The van der Waals surface area contributed by atoms with Crippen molar-refractivity contribution in [2.24, 2.45) is 0 Å². The Morgan fingerprint density at radius 3 is 1.82 bits per heavy atom. The summed E-state index contributed by atoms with van der Waals surface area (Å²) in [6, 6.07) is 68.1. The summed E-state index contributed by atoms with van der Waals surface area (Å²) in [4.78, 5) is 16.1. The zero-order valence-corrected chi connectivity index (χ0v) is 35.0. The van der Waals surface area contributed by atoms with Crippen molar-refractivity contribution in [1.82, 2.24) is 15.0 Å². The van der Waals surface area contributed by atoms with Crippen LogP contribution < -0.4 is 0 Å². The second kappa shape index (κ2) is 13.2. The number of hydrogen-bond donors (Lipinski definition) is 0. The van der Waals surface area contributed by atoms with Gasteiger partial charge in [0.2, 0.25) is 0 Å². The summed E-state index contributed by atoms with van der Waals surface area (Å²) < 4.78 is 2.50. The van der Waals surface area contributed by atoms with Gasteiger partial charge in [0.25, 0.3) is 0 Å². The Labute approximate surface area is 362 Å². The van der Waals surface area contributed by atoms with Gasteiger partial charge in [-0.3, -0.25) is 0 Å². The van der Waals surface area contributed by atoms with E-state index < -0.39 is 0 Å². The number of thiophene rings is 1. The summed E-state index contributed by atoms with van der Waals surface area (Å²) in [7, 11) is 0. The first-order chi connectivity index (χ1) is 30.5. The first-order valence-corrected chi connectivity index (χ1v) is 22.1. The van der Waals surface area contributed by atoms with E-state index in [-0.39, 0.29) is 5.41 Å². The van der Waals surface area contributed by atoms with Crippen LogP contribution in [0.15, 0.2) is 188 Å². The summed E-state index contributed by atoms with van der Waals surface area (Å²) in [6.07, 6.45) is 0. The quantitative estimate of drug-likeness (QED) is 0.131. The minimum absolute atomic E-state index is 0.0653. The SMILES string of the molecule is CC1(C)c2ccccc2-c2cc(-c3cc(-c4ccc5sc6ccc7c(-c8c9ccccc9cc9ccccc89)nc8ccccc8c7c6c5c4)nc(-c4ccccc4)n3)ccc21. The Balaban J connectivity index is 1.06. The van der Waals surface area contributed by atoms with E-state index in [2.05, 4.69) is 196 Å². The number of nitrogens with zero attached hydrogens (tertiary/aromatic N) is 3. The summed E-state index contributed by atoms with van der Waals surface area (Å²) in [5.41, 5.74) is 13.3. The normalized spacial score (nSPS) is 13.1. The van der Waals surface area contributed by atoms with Crippen LogP contribution in [0, 0.1) is 0 Å². The molecule has 1 aliphatic rings. The number of pyridine rings is 1. The van der Waals surface area contributed by atoms with Crippen molar-refractivity contribution < 1.29 is 0 Å². The fourth-order valence-corrected chi connectivity index (χ4v) is 11.4. The molecular weight excluding hydrogens is 771 g/mol. The predicted molar refractivity (Wildman–Crippen MR) is 262 cm³/mol. The molecule has 9 aromatic carbocycles. The maximum atomic E-state index is 5.52. The van der Waals surface area contributed by atoms with Crippen LogP contribution in [0.3, 0.4) is 0 Å². The summed E-state index contributed by atoms with van der Waals surface area (Å²) in [6.45, 7) is 4.65. The third-order valence-electron chi connectivity index (χ3n) is 13.2. The minimum Gasteiger partial charge on any atom is -0.247 e. The van der Waals surface area contributed by atoms with Crippen LogP contribution in [0.4, 0.5) is 0 Å². The Hall–Kier alpha value is -7.53. The highest BCUT2D eigenvalue weighted by Crippen LogP contribution is 2.50. The molecule has 0 amide bonds. The van der Waals surface area contributed by atoms with Crippen molar-refractivity contribution >= 4 is 74.7 Å². The van der Waals surface area contributed by atoms with Crippen LogP contribution in [0.25, 0.3) is 120 Å². The zero-order chi connectivity index (χ0) is 41.1. The average molecular weight is 808 g/mol. The molecule has 3 aromatic heterocycles. The van der Waals surface area contributed by atoms with Crippen molar-refractivity contribution in [3.63, 3.8) is 0 Å². The Kier molecular flexibility index (Phi) is 7.52. The van der Waals surface area contributed by atoms with Gasteiger partial charge in [0.1, 0.15) is 0 Å². The average Bonchev–Trinajstić information content (AvgIpc) is 3.81. The van der Waals surface area contributed by atoms with Gasteiger partial charge in [-0.2, -0.15) is 0 Å². The van der Waals surface area contributed by atoms with Crippen LogP contribution in [0.5, 0.6) is 0 Å². The van der Waals surface area contributed by atoms with E-state index in [9.17, 15) is 0 Å². The molecule has 0 bridgehead atoms. The first-order valence-electron chi connectivity index (χ1n) is 21.3. The monoisotopic (exact) mass is 807 g/mol. The van der Waals surface area contributed by atoms with Gasteiger partial charge in [0, 0.05) is 64.0 Å². The molecule has 0 aliphatic heterocycles. The van der Waals surface area contributed by atoms with Gasteiger partial charge in [-0.15, -0.1) is 11.3 Å². The zero-order valence-electron chi connectivity index (χ0n) is 34.1. The molecule has 1 aliphatic carbocycles. The highest BCUT2D eigenvalue weighted by molar-refractivity contribution is 7.26. The maximum absolute atomic E-state index is 5.52. The molecule has 3 heterocycles. The lowest BCUT2D eigenvalue weighted by Gasteiger charge is -2.21. The lowest BCUT2D eigenvalue weighted by molar-refractivity contribution is 0.660. The summed E-state index contributed by atoms with van der Waals surface area (Å²) in [5.74, 6) is 0.712. The molecule has 0 N–H and O–H groups in total. The van der Waals surface area contributed by atoms with Gasteiger partial charge >= 0.3 is 0 Å². The largest absolute Gasteiger partial charge is 0.247 e. The Bertz CT molecular complexity index is 3790. The molecule has 62 heavy (non-hydrogen) atoms. The molecule has 0 saturated heterocycles. The number of para-hydroxylation sites is 1. The summed E-state index contributed by atoms with van der Waals surface area (Å²) >= 11 is 1.85. The molecule has 3 nitrogen and oxygen atoms in total. The van der Waals surface area contributed by atoms with E-state index in [0.29, 0.717) is 5.82 Å². The number of benzene rings is 9. The summed E-state index contributed by atoms with van der Waals surface area (Å²) in [5, 5.41) is 10.9. The molecular formula is C58H37N3S. The highest BCUT2D eigenvalue weighted by atomic mass is 32.1. The van der Waals surface area contributed by atoms with Crippen LogP contribution in [-0.2, 0) is 5.41 Å². The van der Waals surface area contributed by atoms with E-state index in [1.54, 1.807) is 0 Å². The van der Waals surface area contributed by atoms with Gasteiger partial charge in [-0.25, -0.2) is 15.0 Å². The van der Waals surface area contributed by atoms with Gasteiger partial charge in [0.15, 0.2) is 5.82 Å². The van der Waals surface area contributed by atoms with Crippen LogP contribution in [0.2, 0.25) is 0 Å². The lowest BCUT2D eigenvalue weighted by Crippen LogP contribution is -2.14. The van der Waals surface area contributed by atoms with Crippen LogP contribution in [0.1, 0.15) is 25.0 Å². The molecule has 0 radical (unpaired) electrons. The van der Waals surface area contributed by atoms with E-state index in [1.165, 1.54) is 74.9 Å².